The number of hydrogen-bond donors (Lipinski definition) is 0. The highest BCUT2D eigenvalue weighted by molar-refractivity contribution is 6.15. The fourth-order valence-electron chi connectivity index (χ4n) is 3.04. The molecule has 0 atom stereocenters. The minimum Gasteiger partial charge on any atom is -0.490 e. The van der Waals surface area contributed by atoms with Gasteiger partial charge >= 0.3 is 6.18 Å². The van der Waals surface area contributed by atoms with Crippen LogP contribution in [-0.2, 0) is 11.0 Å². The van der Waals surface area contributed by atoms with Gasteiger partial charge in [0.15, 0.2) is 6.61 Å². The Morgan fingerprint density at radius 2 is 1.82 bits per heavy atom. The number of ether oxygens (including phenoxy) is 2. The predicted octanol–water partition coefficient (Wildman–Crippen LogP) is 5.05. The van der Waals surface area contributed by atoms with E-state index in [2.05, 4.69) is 5.16 Å². The van der Waals surface area contributed by atoms with Crippen molar-refractivity contribution in [1.82, 2.24) is 0 Å². The van der Waals surface area contributed by atoms with E-state index in [1.807, 2.05) is 36.4 Å². The van der Waals surface area contributed by atoms with Gasteiger partial charge < -0.3 is 14.3 Å². The average molecular weight is 387 g/mol. The summed E-state index contributed by atoms with van der Waals surface area (Å²) in [5.74, 6) is 0.882. The van der Waals surface area contributed by atoms with Crippen LogP contribution >= 0.6 is 0 Å². The Labute approximate surface area is 159 Å². The summed E-state index contributed by atoms with van der Waals surface area (Å²) in [6.45, 7) is 0.471. The van der Waals surface area contributed by atoms with Crippen molar-refractivity contribution >= 4 is 16.5 Å². The van der Waals surface area contributed by atoms with Crippen molar-refractivity contribution in [3.8, 4) is 11.5 Å². The van der Waals surface area contributed by atoms with E-state index in [0.29, 0.717) is 12.3 Å². The van der Waals surface area contributed by atoms with Crippen molar-refractivity contribution < 1.29 is 27.5 Å². The van der Waals surface area contributed by atoms with Crippen LogP contribution in [0.2, 0.25) is 0 Å². The van der Waals surface area contributed by atoms with Gasteiger partial charge in [-0.3, -0.25) is 0 Å². The summed E-state index contributed by atoms with van der Waals surface area (Å²) in [7, 11) is 0. The van der Waals surface area contributed by atoms with E-state index in [0.717, 1.165) is 34.2 Å². The van der Waals surface area contributed by atoms with Crippen molar-refractivity contribution in [2.45, 2.75) is 6.18 Å². The molecule has 0 bridgehead atoms. The van der Waals surface area contributed by atoms with Crippen LogP contribution in [0.5, 0.6) is 11.5 Å². The third kappa shape index (κ3) is 3.74. The largest absolute Gasteiger partial charge is 0.490 e. The number of fused-ring (bicyclic) bond motifs is 3. The maximum Gasteiger partial charge on any atom is 0.416 e. The van der Waals surface area contributed by atoms with Crippen LogP contribution in [0.3, 0.4) is 0 Å². The molecule has 0 saturated carbocycles. The molecule has 1 heterocycles. The molecule has 4 nitrogen and oxygen atoms in total. The molecule has 0 aromatic heterocycles. The normalized spacial score (nSPS) is 14.8. The van der Waals surface area contributed by atoms with Gasteiger partial charge in [-0.25, -0.2) is 0 Å². The van der Waals surface area contributed by atoms with Gasteiger partial charge in [0.1, 0.15) is 30.4 Å². The summed E-state index contributed by atoms with van der Waals surface area (Å²) < 4.78 is 49.1. The van der Waals surface area contributed by atoms with Crippen LogP contribution in [-0.4, -0.2) is 25.5 Å². The molecule has 1 aliphatic heterocycles. The molecule has 0 N–H and O–H groups in total. The molecule has 28 heavy (non-hydrogen) atoms. The molecule has 0 spiro atoms. The van der Waals surface area contributed by atoms with E-state index in [9.17, 15) is 13.2 Å². The quantitative estimate of drug-likeness (QED) is 0.454. The van der Waals surface area contributed by atoms with E-state index >= 15 is 0 Å². The van der Waals surface area contributed by atoms with Gasteiger partial charge in [-0.1, -0.05) is 41.6 Å². The highest BCUT2D eigenvalue weighted by Gasteiger charge is 2.30. The van der Waals surface area contributed by atoms with Crippen LogP contribution in [0.25, 0.3) is 10.8 Å². The first-order valence-electron chi connectivity index (χ1n) is 8.66. The number of oxime groups is 1. The molecule has 144 valence electrons. The second kappa shape index (κ2) is 7.42. The molecular formula is C21H16F3NO3. The van der Waals surface area contributed by atoms with Crippen LogP contribution in [0.15, 0.2) is 65.8 Å². The summed E-state index contributed by atoms with van der Waals surface area (Å²) in [4.78, 5) is 5.30. The number of alkyl halides is 3. The monoisotopic (exact) mass is 387 g/mol. The highest BCUT2D eigenvalue weighted by atomic mass is 19.4. The average Bonchev–Trinajstić information content (AvgIpc) is 3.11. The molecule has 4 rings (SSSR count). The summed E-state index contributed by atoms with van der Waals surface area (Å²) in [6.07, 6.45) is -4.40. The molecular weight excluding hydrogens is 371 g/mol. The second-order valence-electron chi connectivity index (χ2n) is 6.19. The smallest absolute Gasteiger partial charge is 0.416 e. The Balaban J connectivity index is 1.38. The maximum atomic E-state index is 12.7. The predicted molar refractivity (Wildman–Crippen MR) is 98.9 cm³/mol. The summed E-state index contributed by atoms with van der Waals surface area (Å²) >= 11 is 0. The molecule has 0 amide bonds. The lowest BCUT2D eigenvalue weighted by Gasteiger charge is -2.10. The molecule has 0 radical (unpaired) electrons. The van der Waals surface area contributed by atoms with Gasteiger partial charge in [0, 0.05) is 0 Å². The minimum absolute atomic E-state index is 0.0708. The number of nitrogens with zero attached hydrogens (tertiary/aromatic N) is 1. The van der Waals surface area contributed by atoms with Crippen molar-refractivity contribution in [3.63, 3.8) is 0 Å². The van der Waals surface area contributed by atoms with Crippen molar-refractivity contribution in [1.29, 1.82) is 0 Å². The minimum atomic E-state index is -4.40. The first-order chi connectivity index (χ1) is 13.5. The Hall–Kier alpha value is -3.22. The first-order valence-corrected chi connectivity index (χ1v) is 8.66. The summed E-state index contributed by atoms with van der Waals surface area (Å²) in [5.41, 5.74) is 0.820. The second-order valence-corrected chi connectivity index (χ2v) is 6.19. The maximum absolute atomic E-state index is 12.7. The fourth-order valence-corrected chi connectivity index (χ4v) is 3.04. The number of hydrogen-bond acceptors (Lipinski definition) is 4. The lowest BCUT2D eigenvalue weighted by atomic mass is 10.0. The Morgan fingerprint density at radius 1 is 0.964 bits per heavy atom. The van der Waals surface area contributed by atoms with E-state index < -0.39 is 11.7 Å². The van der Waals surface area contributed by atoms with Crippen molar-refractivity contribution in [3.05, 3.63) is 71.8 Å². The van der Waals surface area contributed by atoms with Crippen LogP contribution in [0.1, 0.15) is 11.1 Å². The summed E-state index contributed by atoms with van der Waals surface area (Å²) in [5, 5.41) is 6.24. The molecule has 0 aliphatic carbocycles. The lowest BCUT2D eigenvalue weighted by molar-refractivity contribution is -0.137. The van der Waals surface area contributed by atoms with Gasteiger partial charge in [-0.2, -0.15) is 13.2 Å². The molecule has 3 aromatic rings. The zero-order chi connectivity index (χ0) is 19.6. The van der Waals surface area contributed by atoms with E-state index in [-0.39, 0.29) is 19.0 Å². The molecule has 1 aliphatic rings. The number of halogens is 3. The van der Waals surface area contributed by atoms with E-state index in [1.165, 1.54) is 12.1 Å². The Kier molecular flexibility index (Phi) is 4.81. The van der Waals surface area contributed by atoms with Crippen LogP contribution < -0.4 is 9.47 Å². The van der Waals surface area contributed by atoms with Crippen molar-refractivity contribution in [2.24, 2.45) is 5.16 Å². The van der Waals surface area contributed by atoms with Gasteiger partial charge in [0.25, 0.3) is 0 Å². The zero-order valence-corrected chi connectivity index (χ0v) is 14.7. The topological polar surface area (TPSA) is 40.0 Å². The van der Waals surface area contributed by atoms with E-state index in [4.69, 9.17) is 14.3 Å². The van der Waals surface area contributed by atoms with Crippen LogP contribution in [0, 0.1) is 0 Å². The van der Waals surface area contributed by atoms with Crippen molar-refractivity contribution in [2.75, 3.05) is 19.8 Å². The summed E-state index contributed by atoms with van der Waals surface area (Å²) in [6, 6.07) is 16.5. The van der Waals surface area contributed by atoms with Gasteiger partial charge in [-0.05, 0) is 35.0 Å². The molecule has 0 unspecified atom stereocenters. The standard InChI is InChI=1S/C21H16F3NO3/c22-21(23,24)15-5-3-6-16(12-15)26-10-11-28-25-18-13-27-19-9-8-14-4-1-2-7-17(14)20(18)19/h1-9,12H,10-11,13H2/b25-18+. The Morgan fingerprint density at radius 3 is 2.68 bits per heavy atom. The first kappa shape index (κ1) is 18.2. The number of rotatable bonds is 5. The van der Waals surface area contributed by atoms with Gasteiger partial charge in [-0.15, -0.1) is 0 Å². The van der Waals surface area contributed by atoms with Crippen LogP contribution in [0.4, 0.5) is 13.2 Å². The third-order valence-electron chi connectivity index (χ3n) is 4.32. The molecule has 3 aromatic carbocycles. The van der Waals surface area contributed by atoms with Gasteiger partial charge in [0.05, 0.1) is 11.1 Å². The fraction of sp³-hybridized carbons (Fsp3) is 0.190. The zero-order valence-electron chi connectivity index (χ0n) is 14.7. The van der Waals surface area contributed by atoms with Gasteiger partial charge in [0.2, 0.25) is 0 Å². The molecule has 7 heteroatoms. The third-order valence-corrected chi connectivity index (χ3v) is 4.32. The molecule has 0 fully saturated rings. The lowest BCUT2D eigenvalue weighted by Crippen LogP contribution is -2.09. The SMILES string of the molecule is FC(F)(F)c1cccc(OCCO/N=C2\COc3ccc4ccccc4c32)c1. The molecule has 0 saturated heterocycles. The van der Waals surface area contributed by atoms with E-state index in [1.54, 1.807) is 0 Å². The Bertz CT molecular complexity index is 1030. The number of benzene rings is 3. The highest BCUT2D eigenvalue weighted by Crippen LogP contribution is 2.33.